The number of hydrogen-bond acceptors (Lipinski definition) is 2. The zero-order chi connectivity index (χ0) is 14.7. The third-order valence-corrected chi connectivity index (χ3v) is 3.64. The van der Waals surface area contributed by atoms with Crippen LogP contribution < -0.4 is 5.73 Å². The van der Waals surface area contributed by atoms with Gasteiger partial charge >= 0.3 is 0 Å². The van der Waals surface area contributed by atoms with Crippen LogP contribution >= 0.6 is 0 Å². The van der Waals surface area contributed by atoms with E-state index in [1.54, 1.807) is 0 Å². The Morgan fingerprint density at radius 3 is 1.86 bits per heavy atom. The Bertz CT molecular complexity index is 647. The Balaban J connectivity index is 2.08. The summed E-state index contributed by atoms with van der Waals surface area (Å²) in [5.41, 5.74) is 9.33. The van der Waals surface area contributed by atoms with Crippen molar-refractivity contribution < 1.29 is 0 Å². The molecule has 3 nitrogen and oxygen atoms in total. The summed E-state index contributed by atoms with van der Waals surface area (Å²) >= 11 is 0. The molecular weight excluding hydrogens is 258 g/mol. The summed E-state index contributed by atoms with van der Waals surface area (Å²) in [5.74, 6) is 1.03. The van der Waals surface area contributed by atoms with Gasteiger partial charge in [0.2, 0.25) is 0 Å². The van der Waals surface area contributed by atoms with E-state index in [1.165, 1.54) is 11.1 Å². The predicted molar refractivity (Wildman–Crippen MR) is 85.0 cm³/mol. The van der Waals surface area contributed by atoms with Crippen LogP contribution in [0.25, 0.3) is 0 Å². The molecule has 3 aromatic rings. The first-order valence-corrected chi connectivity index (χ1v) is 7.16. The number of benzene rings is 2. The highest BCUT2D eigenvalue weighted by Gasteiger charge is 2.20. The molecule has 0 saturated carbocycles. The summed E-state index contributed by atoms with van der Waals surface area (Å²) in [6, 6.07) is 20.8. The molecule has 1 heterocycles. The van der Waals surface area contributed by atoms with Crippen molar-refractivity contribution >= 4 is 0 Å². The number of imidazole rings is 1. The van der Waals surface area contributed by atoms with Crippen molar-refractivity contribution in [2.24, 2.45) is 5.73 Å². The fourth-order valence-electron chi connectivity index (χ4n) is 2.53. The average Bonchev–Trinajstić information content (AvgIpc) is 3.00. The molecule has 0 fully saturated rings. The van der Waals surface area contributed by atoms with Gasteiger partial charge in [-0.05, 0) is 18.1 Å². The van der Waals surface area contributed by atoms with Gasteiger partial charge < -0.3 is 10.7 Å². The van der Waals surface area contributed by atoms with Crippen molar-refractivity contribution in [3.05, 3.63) is 89.5 Å². The fraction of sp³-hybridized carbons (Fsp3) is 0.167. The van der Waals surface area contributed by atoms with Crippen molar-refractivity contribution in [2.75, 3.05) is 0 Å². The van der Waals surface area contributed by atoms with E-state index < -0.39 is 0 Å². The average molecular weight is 277 g/mol. The van der Waals surface area contributed by atoms with Crippen LogP contribution in [0.4, 0.5) is 0 Å². The topological polar surface area (TPSA) is 54.7 Å². The second-order valence-electron chi connectivity index (χ2n) is 5.27. The van der Waals surface area contributed by atoms with Crippen molar-refractivity contribution in [2.45, 2.75) is 18.9 Å². The van der Waals surface area contributed by atoms with E-state index in [4.69, 9.17) is 5.73 Å². The standard InChI is InChI=1S/C18H19N3/c1-13(19)16-12-20-18(21-16)17(14-8-4-2-5-9-14)15-10-6-3-7-11-15/h2-13,17H,19H2,1H3,(H,20,21). The molecule has 21 heavy (non-hydrogen) atoms. The number of aromatic amines is 1. The molecule has 1 unspecified atom stereocenters. The zero-order valence-electron chi connectivity index (χ0n) is 12.0. The Kier molecular flexibility index (Phi) is 3.84. The minimum absolute atomic E-state index is 0.0431. The first-order chi connectivity index (χ1) is 10.3. The summed E-state index contributed by atoms with van der Waals surface area (Å²) in [7, 11) is 0. The van der Waals surface area contributed by atoms with Crippen LogP contribution in [-0.4, -0.2) is 9.97 Å². The minimum atomic E-state index is -0.0431. The van der Waals surface area contributed by atoms with Gasteiger partial charge in [0.15, 0.2) is 0 Å². The molecule has 3 N–H and O–H groups in total. The van der Waals surface area contributed by atoms with Crippen LogP contribution in [-0.2, 0) is 0 Å². The molecule has 0 amide bonds. The lowest BCUT2D eigenvalue weighted by molar-refractivity contribution is 0.776. The van der Waals surface area contributed by atoms with Crippen LogP contribution in [0.1, 0.15) is 41.5 Å². The normalized spacial score (nSPS) is 12.5. The van der Waals surface area contributed by atoms with E-state index in [0.29, 0.717) is 0 Å². The van der Waals surface area contributed by atoms with Crippen LogP contribution in [0.5, 0.6) is 0 Å². The third-order valence-electron chi connectivity index (χ3n) is 3.64. The van der Waals surface area contributed by atoms with Crippen LogP contribution in [0, 0.1) is 0 Å². The highest BCUT2D eigenvalue weighted by molar-refractivity contribution is 5.38. The predicted octanol–water partition coefficient (Wildman–Crippen LogP) is 3.61. The molecule has 0 bridgehead atoms. The number of nitrogens with zero attached hydrogens (tertiary/aromatic N) is 1. The Hall–Kier alpha value is -2.39. The molecule has 1 aromatic heterocycles. The van der Waals surface area contributed by atoms with E-state index in [0.717, 1.165) is 11.5 Å². The van der Waals surface area contributed by atoms with Gasteiger partial charge in [-0.3, -0.25) is 0 Å². The Morgan fingerprint density at radius 2 is 1.43 bits per heavy atom. The SMILES string of the molecule is CC(N)c1cnc(C(c2ccccc2)c2ccccc2)[nH]1. The largest absolute Gasteiger partial charge is 0.344 e. The van der Waals surface area contributed by atoms with E-state index >= 15 is 0 Å². The minimum Gasteiger partial charge on any atom is -0.344 e. The number of rotatable bonds is 4. The van der Waals surface area contributed by atoms with E-state index in [1.807, 2.05) is 25.3 Å². The van der Waals surface area contributed by atoms with Gasteiger partial charge in [-0.25, -0.2) is 4.98 Å². The molecule has 0 aliphatic rings. The highest BCUT2D eigenvalue weighted by Crippen LogP contribution is 2.30. The maximum absolute atomic E-state index is 5.93. The lowest BCUT2D eigenvalue weighted by Gasteiger charge is -2.16. The van der Waals surface area contributed by atoms with Crippen molar-refractivity contribution in [1.29, 1.82) is 0 Å². The second-order valence-corrected chi connectivity index (χ2v) is 5.27. The molecule has 3 rings (SSSR count). The van der Waals surface area contributed by atoms with Gasteiger partial charge in [0.05, 0.1) is 11.6 Å². The summed E-state index contributed by atoms with van der Waals surface area (Å²) < 4.78 is 0. The highest BCUT2D eigenvalue weighted by atomic mass is 14.9. The van der Waals surface area contributed by atoms with Crippen LogP contribution in [0.3, 0.4) is 0 Å². The van der Waals surface area contributed by atoms with Gasteiger partial charge in [0.25, 0.3) is 0 Å². The Labute approximate surface area is 124 Å². The molecule has 1 atom stereocenters. The van der Waals surface area contributed by atoms with Gasteiger partial charge in [0, 0.05) is 12.2 Å². The van der Waals surface area contributed by atoms with Crippen LogP contribution in [0.15, 0.2) is 66.9 Å². The molecule has 2 aromatic carbocycles. The lowest BCUT2D eigenvalue weighted by Crippen LogP contribution is -2.08. The van der Waals surface area contributed by atoms with E-state index in [9.17, 15) is 0 Å². The summed E-state index contributed by atoms with van der Waals surface area (Å²) in [5, 5.41) is 0. The number of aromatic nitrogens is 2. The van der Waals surface area contributed by atoms with E-state index in [-0.39, 0.29) is 12.0 Å². The van der Waals surface area contributed by atoms with E-state index in [2.05, 4.69) is 58.5 Å². The molecule has 0 aliphatic heterocycles. The van der Waals surface area contributed by atoms with Crippen molar-refractivity contribution in [3.8, 4) is 0 Å². The molecule has 0 radical (unpaired) electrons. The molecule has 106 valence electrons. The number of hydrogen-bond donors (Lipinski definition) is 2. The number of nitrogens with one attached hydrogen (secondary N) is 1. The number of nitrogens with two attached hydrogens (primary N) is 1. The maximum Gasteiger partial charge on any atom is 0.118 e. The maximum atomic E-state index is 5.93. The summed E-state index contributed by atoms with van der Waals surface area (Å²) in [6.07, 6.45) is 1.83. The Morgan fingerprint density at radius 1 is 0.905 bits per heavy atom. The van der Waals surface area contributed by atoms with Gasteiger partial charge in [-0.15, -0.1) is 0 Å². The molecule has 3 heteroatoms. The molecule has 0 spiro atoms. The molecular formula is C18H19N3. The fourth-order valence-corrected chi connectivity index (χ4v) is 2.53. The van der Waals surface area contributed by atoms with Crippen molar-refractivity contribution in [1.82, 2.24) is 9.97 Å². The zero-order valence-corrected chi connectivity index (χ0v) is 12.0. The second kappa shape index (κ2) is 5.94. The molecule has 0 saturated heterocycles. The first kappa shape index (κ1) is 13.6. The first-order valence-electron chi connectivity index (χ1n) is 7.16. The van der Waals surface area contributed by atoms with Gasteiger partial charge in [-0.1, -0.05) is 60.7 Å². The van der Waals surface area contributed by atoms with Crippen molar-refractivity contribution in [3.63, 3.8) is 0 Å². The third kappa shape index (κ3) is 2.88. The monoisotopic (exact) mass is 277 g/mol. The lowest BCUT2D eigenvalue weighted by atomic mass is 9.91. The molecule has 0 aliphatic carbocycles. The summed E-state index contributed by atoms with van der Waals surface area (Å²) in [6.45, 7) is 1.96. The van der Waals surface area contributed by atoms with Crippen LogP contribution in [0.2, 0.25) is 0 Å². The van der Waals surface area contributed by atoms with Gasteiger partial charge in [0.1, 0.15) is 5.82 Å². The smallest absolute Gasteiger partial charge is 0.118 e. The summed E-state index contributed by atoms with van der Waals surface area (Å²) in [4.78, 5) is 7.93. The van der Waals surface area contributed by atoms with Gasteiger partial charge in [-0.2, -0.15) is 0 Å². The quantitative estimate of drug-likeness (QED) is 0.765. The number of H-pyrrole nitrogens is 1.